The van der Waals surface area contributed by atoms with Crippen molar-refractivity contribution in [3.05, 3.63) is 34.9 Å². The average molecular weight is 291 g/mol. The first-order valence-electron chi connectivity index (χ1n) is 7.52. The number of aliphatic hydroxyl groups excluding tert-OH is 1. The Morgan fingerprint density at radius 1 is 1.05 bits per heavy atom. The number of ketones is 1. The van der Waals surface area contributed by atoms with Gasteiger partial charge in [0.15, 0.2) is 5.78 Å². The Morgan fingerprint density at radius 2 is 1.81 bits per heavy atom. The van der Waals surface area contributed by atoms with Gasteiger partial charge >= 0.3 is 0 Å². The Kier molecular flexibility index (Phi) is 7.69. The molecule has 0 fully saturated rings. The van der Waals surface area contributed by atoms with Gasteiger partial charge in [0.25, 0.3) is 0 Å². The van der Waals surface area contributed by atoms with E-state index in [1.165, 1.54) is 0 Å². The summed E-state index contributed by atoms with van der Waals surface area (Å²) in [6.07, 6.45) is 2.99. The number of rotatable bonds is 9. The molecule has 0 saturated heterocycles. The van der Waals surface area contributed by atoms with E-state index in [1.54, 1.807) is 0 Å². The van der Waals surface area contributed by atoms with Crippen LogP contribution in [0, 0.1) is 13.8 Å². The van der Waals surface area contributed by atoms with Crippen molar-refractivity contribution in [3.63, 3.8) is 0 Å². The highest BCUT2D eigenvalue weighted by molar-refractivity contribution is 5.98. The Bertz CT molecular complexity index is 483. The van der Waals surface area contributed by atoms with Gasteiger partial charge in [0.2, 0.25) is 5.91 Å². The number of carbonyl (C=O) groups excluding carboxylic acids is 2. The molecular formula is C17H25NO3. The van der Waals surface area contributed by atoms with Gasteiger partial charge < -0.3 is 10.4 Å². The molecule has 116 valence electrons. The fourth-order valence-electron chi connectivity index (χ4n) is 2.02. The van der Waals surface area contributed by atoms with Crippen LogP contribution in [0.4, 0.5) is 0 Å². The topological polar surface area (TPSA) is 66.4 Å². The Morgan fingerprint density at radius 3 is 2.48 bits per heavy atom. The fourth-order valence-corrected chi connectivity index (χ4v) is 2.02. The third kappa shape index (κ3) is 6.54. The number of benzene rings is 1. The molecule has 0 heterocycles. The van der Waals surface area contributed by atoms with Crippen molar-refractivity contribution in [1.82, 2.24) is 5.32 Å². The third-order valence-corrected chi connectivity index (χ3v) is 3.57. The molecule has 0 unspecified atom stereocenters. The molecule has 0 aromatic heterocycles. The molecule has 0 aliphatic carbocycles. The van der Waals surface area contributed by atoms with Crippen molar-refractivity contribution in [1.29, 1.82) is 0 Å². The lowest BCUT2D eigenvalue weighted by molar-refractivity contribution is -0.121. The fraction of sp³-hybridized carbons (Fsp3) is 0.529. The van der Waals surface area contributed by atoms with Crippen LogP contribution in [-0.2, 0) is 4.79 Å². The molecule has 1 aromatic rings. The number of nitrogens with one attached hydrogen (secondary N) is 1. The van der Waals surface area contributed by atoms with E-state index in [0.29, 0.717) is 12.1 Å². The lowest BCUT2D eigenvalue weighted by Crippen LogP contribution is -2.24. The first kappa shape index (κ1) is 17.4. The number of hydrogen-bond donors (Lipinski definition) is 2. The quantitative estimate of drug-likeness (QED) is 0.543. The summed E-state index contributed by atoms with van der Waals surface area (Å²) in [5, 5.41) is 11.4. The van der Waals surface area contributed by atoms with Gasteiger partial charge in [-0.25, -0.2) is 0 Å². The van der Waals surface area contributed by atoms with E-state index < -0.39 is 0 Å². The van der Waals surface area contributed by atoms with Gasteiger partial charge in [-0.2, -0.15) is 0 Å². The van der Waals surface area contributed by atoms with Crippen molar-refractivity contribution >= 4 is 11.7 Å². The molecule has 0 saturated carbocycles. The summed E-state index contributed by atoms with van der Waals surface area (Å²) >= 11 is 0. The molecular weight excluding hydrogens is 266 g/mol. The minimum atomic E-state index is -0.0869. The van der Waals surface area contributed by atoms with Crippen molar-refractivity contribution in [2.45, 2.75) is 46.0 Å². The van der Waals surface area contributed by atoms with Gasteiger partial charge in [0.1, 0.15) is 0 Å². The zero-order chi connectivity index (χ0) is 15.7. The highest BCUT2D eigenvalue weighted by Gasteiger charge is 2.09. The Hall–Kier alpha value is -1.68. The molecule has 1 amide bonds. The number of amides is 1. The normalized spacial score (nSPS) is 10.4. The van der Waals surface area contributed by atoms with E-state index in [9.17, 15) is 9.59 Å². The van der Waals surface area contributed by atoms with Gasteiger partial charge in [0.05, 0.1) is 0 Å². The zero-order valence-corrected chi connectivity index (χ0v) is 12.9. The van der Waals surface area contributed by atoms with Gasteiger partial charge in [-0.1, -0.05) is 12.1 Å². The molecule has 0 aliphatic rings. The molecule has 1 rings (SSSR count). The largest absolute Gasteiger partial charge is 0.396 e. The molecule has 0 atom stereocenters. The average Bonchev–Trinajstić information content (AvgIpc) is 2.47. The minimum absolute atomic E-state index is 0.00790. The summed E-state index contributed by atoms with van der Waals surface area (Å²) in [6, 6.07) is 5.63. The van der Waals surface area contributed by atoms with Gasteiger partial charge in [-0.15, -0.1) is 0 Å². The highest BCUT2D eigenvalue weighted by atomic mass is 16.2. The molecule has 21 heavy (non-hydrogen) atoms. The van der Waals surface area contributed by atoms with E-state index in [2.05, 4.69) is 5.32 Å². The molecule has 0 spiro atoms. The second-order valence-electron chi connectivity index (χ2n) is 5.36. The van der Waals surface area contributed by atoms with Crippen molar-refractivity contribution < 1.29 is 14.7 Å². The molecule has 0 radical (unpaired) electrons. The van der Waals surface area contributed by atoms with E-state index in [1.807, 2.05) is 32.0 Å². The molecule has 0 aliphatic heterocycles. The lowest BCUT2D eigenvalue weighted by Gasteiger charge is -2.06. The molecule has 4 heteroatoms. The van der Waals surface area contributed by atoms with Crippen LogP contribution in [-0.4, -0.2) is 29.9 Å². The van der Waals surface area contributed by atoms with Gasteiger partial charge in [0, 0.05) is 31.6 Å². The molecule has 1 aromatic carbocycles. The van der Waals surface area contributed by atoms with Crippen LogP contribution in [0.2, 0.25) is 0 Å². The smallest absolute Gasteiger partial charge is 0.220 e. The van der Waals surface area contributed by atoms with Crippen molar-refractivity contribution in [3.8, 4) is 0 Å². The van der Waals surface area contributed by atoms with E-state index in [0.717, 1.165) is 30.4 Å². The third-order valence-electron chi connectivity index (χ3n) is 3.57. The van der Waals surface area contributed by atoms with Crippen LogP contribution < -0.4 is 5.32 Å². The molecule has 2 N–H and O–H groups in total. The van der Waals surface area contributed by atoms with E-state index >= 15 is 0 Å². The monoisotopic (exact) mass is 291 g/mol. The predicted octanol–water partition coefficient (Wildman–Crippen LogP) is 2.55. The van der Waals surface area contributed by atoms with Crippen LogP contribution >= 0.6 is 0 Å². The number of carbonyl (C=O) groups is 2. The van der Waals surface area contributed by atoms with Gasteiger partial charge in [-0.05, 0) is 50.3 Å². The summed E-state index contributed by atoms with van der Waals surface area (Å²) in [5.41, 5.74) is 2.93. The second kappa shape index (κ2) is 9.29. The first-order valence-corrected chi connectivity index (χ1v) is 7.52. The predicted molar refractivity (Wildman–Crippen MR) is 83.4 cm³/mol. The number of Topliss-reactive ketones (excluding diaryl/α,β-unsaturated/α-hetero) is 1. The van der Waals surface area contributed by atoms with Gasteiger partial charge in [-0.3, -0.25) is 9.59 Å². The standard InChI is InChI=1S/C17H25NO3/c1-13-6-7-15(12-14(13)2)16(20)8-9-17(21)18-10-4-3-5-11-19/h6-7,12,19H,3-5,8-11H2,1-2H3,(H,18,21). The van der Waals surface area contributed by atoms with Crippen LogP contribution in [0.25, 0.3) is 0 Å². The molecule has 4 nitrogen and oxygen atoms in total. The lowest BCUT2D eigenvalue weighted by atomic mass is 10.0. The summed E-state index contributed by atoms with van der Waals surface area (Å²) < 4.78 is 0. The van der Waals surface area contributed by atoms with Crippen LogP contribution in [0.3, 0.4) is 0 Å². The van der Waals surface area contributed by atoms with E-state index in [-0.39, 0.29) is 31.1 Å². The summed E-state index contributed by atoms with van der Waals surface area (Å²) in [5.74, 6) is -0.0790. The maximum absolute atomic E-state index is 12.0. The first-order chi connectivity index (χ1) is 10.0. The number of aliphatic hydroxyl groups is 1. The summed E-state index contributed by atoms with van der Waals surface area (Å²) in [6.45, 7) is 4.79. The second-order valence-corrected chi connectivity index (χ2v) is 5.36. The SMILES string of the molecule is Cc1ccc(C(=O)CCC(=O)NCCCCCO)cc1C. The molecule has 0 bridgehead atoms. The van der Waals surface area contributed by atoms with Crippen LogP contribution in [0.15, 0.2) is 18.2 Å². The number of unbranched alkanes of at least 4 members (excludes halogenated alkanes) is 2. The number of aryl methyl sites for hydroxylation is 2. The number of hydrogen-bond acceptors (Lipinski definition) is 3. The maximum Gasteiger partial charge on any atom is 0.220 e. The minimum Gasteiger partial charge on any atom is -0.396 e. The van der Waals surface area contributed by atoms with Crippen molar-refractivity contribution in [2.75, 3.05) is 13.2 Å². The highest BCUT2D eigenvalue weighted by Crippen LogP contribution is 2.12. The maximum atomic E-state index is 12.0. The van der Waals surface area contributed by atoms with E-state index in [4.69, 9.17) is 5.11 Å². The zero-order valence-electron chi connectivity index (χ0n) is 12.9. The summed E-state index contributed by atoms with van der Waals surface area (Å²) in [4.78, 5) is 23.6. The summed E-state index contributed by atoms with van der Waals surface area (Å²) in [7, 11) is 0. The Labute approximate surface area is 126 Å². The Balaban J connectivity index is 2.29. The van der Waals surface area contributed by atoms with Crippen LogP contribution in [0.1, 0.15) is 53.6 Å². The van der Waals surface area contributed by atoms with Crippen molar-refractivity contribution in [2.24, 2.45) is 0 Å². The van der Waals surface area contributed by atoms with Crippen LogP contribution in [0.5, 0.6) is 0 Å².